The first kappa shape index (κ1) is 23.5. The number of fused-ring (bicyclic) bond motifs is 1. The van der Waals surface area contributed by atoms with Crippen molar-refractivity contribution in [2.24, 2.45) is 0 Å². The monoisotopic (exact) mass is 480 g/mol. The quantitative estimate of drug-likeness (QED) is 0.584. The molecule has 2 aliphatic rings. The van der Waals surface area contributed by atoms with Crippen LogP contribution in [-0.4, -0.2) is 65.8 Å². The van der Waals surface area contributed by atoms with Gasteiger partial charge in [-0.05, 0) is 57.7 Å². The van der Waals surface area contributed by atoms with Crippen LogP contribution in [0.1, 0.15) is 46.0 Å². The zero-order chi connectivity index (χ0) is 22.7. The number of thioether (sulfide) groups is 1. The molecule has 0 radical (unpaired) electrons. The van der Waals surface area contributed by atoms with Gasteiger partial charge >= 0.3 is 0 Å². The number of carbonyl (C=O) groups excluding carboxylic acids is 1. The van der Waals surface area contributed by atoms with Gasteiger partial charge in [-0.2, -0.15) is 4.31 Å². The lowest BCUT2D eigenvalue weighted by Gasteiger charge is -2.25. The molecule has 1 N–H and O–H groups in total. The molecule has 3 heterocycles. The van der Waals surface area contributed by atoms with E-state index < -0.39 is 10.0 Å². The van der Waals surface area contributed by atoms with E-state index in [1.54, 1.807) is 16.4 Å². The third-order valence-corrected chi connectivity index (χ3v) is 9.12. The Morgan fingerprint density at radius 2 is 2.06 bits per heavy atom. The number of piperidine rings is 1. The molecule has 0 bridgehead atoms. The molecule has 1 amide bonds. The van der Waals surface area contributed by atoms with E-state index in [0.29, 0.717) is 31.7 Å². The fraction of sp³-hybridized carbons (Fsp3) is 0.636. The summed E-state index contributed by atoms with van der Waals surface area (Å²) in [5, 5.41) is 3.37. The van der Waals surface area contributed by atoms with Crippen molar-refractivity contribution >= 4 is 38.7 Å². The summed E-state index contributed by atoms with van der Waals surface area (Å²) in [6.45, 7) is 7.01. The molecule has 2 saturated heterocycles. The van der Waals surface area contributed by atoms with E-state index in [4.69, 9.17) is 9.72 Å². The molecule has 2 fully saturated rings. The number of nitrogens with one attached hydrogen (secondary N) is 1. The second-order valence-electron chi connectivity index (χ2n) is 8.39. The Morgan fingerprint density at radius 3 is 2.75 bits per heavy atom. The summed E-state index contributed by atoms with van der Waals surface area (Å²) in [5.41, 5.74) is 1.51. The van der Waals surface area contributed by atoms with Crippen LogP contribution in [0.5, 0.6) is 0 Å². The van der Waals surface area contributed by atoms with Crippen molar-refractivity contribution in [2.75, 3.05) is 26.2 Å². The lowest BCUT2D eigenvalue weighted by atomic mass is 10.2. The minimum absolute atomic E-state index is 0.0476. The molecule has 4 rings (SSSR count). The Kier molecular flexibility index (Phi) is 7.44. The minimum Gasteiger partial charge on any atom is -0.376 e. The predicted molar refractivity (Wildman–Crippen MR) is 125 cm³/mol. The SMILES string of the molecule is CCn1c(S[C@@H](C)C(=O)NC[C@H]2CCCO2)nc2cc(S(=O)(=O)N3CCCCC3)ccc21. The van der Waals surface area contributed by atoms with Crippen LogP contribution in [0.4, 0.5) is 0 Å². The van der Waals surface area contributed by atoms with E-state index in [1.165, 1.54) is 11.8 Å². The Morgan fingerprint density at radius 1 is 1.28 bits per heavy atom. The van der Waals surface area contributed by atoms with E-state index in [-0.39, 0.29) is 22.2 Å². The summed E-state index contributed by atoms with van der Waals surface area (Å²) >= 11 is 1.39. The third kappa shape index (κ3) is 4.98. The molecule has 2 atom stereocenters. The Bertz CT molecular complexity index is 1060. The molecule has 176 valence electrons. The largest absolute Gasteiger partial charge is 0.376 e. The summed E-state index contributed by atoms with van der Waals surface area (Å²) < 4.78 is 35.3. The van der Waals surface area contributed by atoms with Gasteiger partial charge in [0.15, 0.2) is 5.16 Å². The number of imidazole rings is 1. The summed E-state index contributed by atoms with van der Waals surface area (Å²) in [7, 11) is -3.51. The van der Waals surface area contributed by atoms with Crippen molar-refractivity contribution in [1.82, 2.24) is 19.2 Å². The van der Waals surface area contributed by atoms with Gasteiger partial charge in [0.05, 0.1) is 27.3 Å². The topological polar surface area (TPSA) is 93.5 Å². The van der Waals surface area contributed by atoms with Gasteiger partial charge in [0.25, 0.3) is 0 Å². The number of rotatable bonds is 8. The highest BCUT2D eigenvalue weighted by molar-refractivity contribution is 8.00. The standard InChI is InChI=1S/C22H32N4O4S2/c1-3-26-20-10-9-18(32(28,29)25-11-5-4-6-12-25)14-19(20)24-22(26)31-16(2)21(27)23-15-17-8-7-13-30-17/h9-10,14,16-17H,3-8,11-13,15H2,1-2H3,(H,23,27)/t16-,17+/m0/s1. The van der Waals surface area contributed by atoms with Crippen molar-refractivity contribution in [3.63, 3.8) is 0 Å². The zero-order valence-electron chi connectivity index (χ0n) is 18.7. The number of carbonyl (C=O) groups is 1. The van der Waals surface area contributed by atoms with Gasteiger partial charge in [-0.15, -0.1) is 0 Å². The van der Waals surface area contributed by atoms with Gasteiger partial charge in [-0.25, -0.2) is 13.4 Å². The van der Waals surface area contributed by atoms with Crippen LogP contribution in [0.25, 0.3) is 11.0 Å². The lowest BCUT2D eigenvalue weighted by Crippen LogP contribution is -2.36. The average molecular weight is 481 g/mol. The first-order valence-electron chi connectivity index (χ1n) is 11.5. The number of sulfonamides is 1. The minimum atomic E-state index is -3.51. The highest BCUT2D eigenvalue weighted by Crippen LogP contribution is 2.30. The van der Waals surface area contributed by atoms with E-state index in [2.05, 4.69) is 5.32 Å². The fourth-order valence-electron chi connectivity index (χ4n) is 4.27. The highest BCUT2D eigenvalue weighted by atomic mass is 32.2. The summed E-state index contributed by atoms with van der Waals surface area (Å²) in [4.78, 5) is 17.6. The Balaban J connectivity index is 1.51. The van der Waals surface area contributed by atoms with Crippen LogP contribution in [0.15, 0.2) is 28.3 Å². The van der Waals surface area contributed by atoms with E-state index in [9.17, 15) is 13.2 Å². The number of hydrogen-bond acceptors (Lipinski definition) is 6. The molecule has 0 saturated carbocycles. The van der Waals surface area contributed by atoms with Crippen molar-refractivity contribution in [3.05, 3.63) is 18.2 Å². The molecule has 1 aromatic carbocycles. The summed E-state index contributed by atoms with van der Waals surface area (Å²) in [5.74, 6) is -0.0476. The molecule has 2 aromatic rings. The van der Waals surface area contributed by atoms with Gasteiger partial charge < -0.3 is 14.6 Å². The number of ether oxygens (including phenoxy) is 1. The lowest BCUT2D eigenvalue weighted by molar-refractivity contribution is -0.120. The molecule has 32 heavy (non-hydrogen) atoms. The smallest absolute Gasteiger partial charge is 0.243 e. The van der Waals surface area contributed by atoms with Crippen molar-refractivity contribution in [1.29, 1.82) is 0 Å². The molecule has 0 spiro atoms. The van der Waals surface area contributed by atoms with Crippen LogP contribution < -0.4 is 5.32 Å². The number of aryl methyl sites for hydroxylation is 1. The van der Waals surface area contributed by atoms with E-state index >= 15 is 0 Å². The Hall–Kier alpha value is -1.62. The molecule has 10 heteroatoms. The van der Waals surface area contributed by atoms with Crippen LogP contribution >= 0.6 is 11.8 Å². The maximum atomic E-state index is 13.1. The van der Waals surface area contributed by atoms with E-state index in [1.807, 2.05) is 24.5 Å². The first-order valence-corrected chi connectivity index (χ1v) is 13.8. The first-order chi connectivity index (χ1) is 15.4. The Labute approximate surface area is 194 Å². The summed E-state index contributed by atoms with van der Waals surface area (Å²) in [6, 6.07) is 5.17. The molecule has 0 unspecified atom stereocenters. The van der Waals surface area contributed by atoms with Gasteiger partial charge in [-0.1, -0.05) is 18.2 Å². The third-order valence-electron chi connectivity index (χ3n) is 6.13. The maximum Gasteiger partial charge on any atom is 0.243 e. The second kappa shape index (κ2) is 10.1. The summed E-state index contributed by atoms with van der Waals surface area (Å²) in [6.07, 6.45) is 5.01. The van der Waals surface area contributed by atoms with Crippen molar-refractivity contribution in [3.8, 4) is 0 Å². The second-order valence-corrected chi connectivity index (χ2v) is 11.6. The average Bonchev–Trinajstić information content (AvgIpc) is 3.44. The molecule has 8 nitrogen and oxygen atoms in total. The fourth-order valence-corrected chi connectivity index (χ4v) is 6.82. The van der Waals surface area contributed by atoms with Crippen molar-refractivity contribution < 1.29 is 17.9 Å². The maximum absolute atomic E-state index is 13.1. The molecular formula is C22H32N4O4S2. The van der Waals surface area contributed by atoms with Crippen LogP contribution in [0, 0.1) is 0 Å². The van der Waals surface area contributed by atoms with Gasteiger partial charge in [0.2, 0.25) is 15.9 Å². The molecule has 2 aliphatic heterocycles. The number of benzene rings is 1. The number of nitrogens with zero attached hydrogens (tertiary/aromatic N) is 3. The van der Waals surface area contributed by atoms with Crippen LogP contribution in [-0.2, 0) is 26.1 Å². The highest BCUT2D eigenvalue weighted by Gasteiger charge is 2.27. The number of aromatic nitrogens is 2. The zero-order valence-corrected chi connectivity index (χ0v) is 20.4. The normalized spacial score (nSPS) is 21.1. The van der Waals surface area contributed by atoms with Gasteiger partial charge in [-0.3, -0.25) is 4.79 Å². The van der Waals surface area contributed by atoms with Crippen molar-refractivity contribution in [2.45, 2.75) is 73.9 Å². The molecular weight excluding hydrogens is 448 g/mol. The van der Waals surface area contributed by atoms with E-state index in [0.717, 1.165) is 49.4 Å². The number of hydrogen-bond donors (Lipinski definition) is 1. The van der Waals surface area contributed by atoms with Crippen LogP contribution in [0.2, 0.25) is 0 Å². The predicted octanol–water partition coefficient (Wildman–Crippen LogP) is 3.01. The van der Waals surface area contributed by atoms with Gasteiger partial charge in [0.1, 0.15) is 0 Å². The van der Waals surface area contributed by atoms with Crippen LogP contribution in [0.3, 0.4) is 0 Å². The van der Waals surface area contributed by atoms with Gasteiger partial charge in [0, 0.05) is 32.8 Å². The molecule has 1 aromatic heterocycles. The molecule has 0 aliphatic carbocycles. The number of amides is 1.